The molecule has 94 valence electrons. The van der Waals surface area contributed by atoms with Gasteiger partial charge in [-0.2, -0.15) is 0 Å². The van der Waals surface area contributed by atoms with E-state index in [4.69, 9.17) is 14.0 Å². The molecule has 0 aliphatic carbocycles. The largest absolute Gasteiger partial charge is 0.490 e. The Balaban J connectivity index is 2.20. The van der Waals surface area contributed by atoms with Gasteiger partial charge in [-0.15, -0.1) is 0 Å². The van der Waals surface area contributed by atoms with E-state index in [1.165, 1.54) is 6.20 Å². The summed E-state index contributed by atoms with van der Waals surface area (Å²) < 4.78 is 15.9. The molecule has 2 aromatic rings. The SMILES string of the molecule is CCOc1cccc(C=O)c1OCc1ccno1. The second-order valence-corrected chi connectivity index (χ2v) is 3.49. The average molecular weight is 247 g/mol. The first-order chi connectivity index (χ1) is 8.85. The summed E-state index contributed by atoms with van der Waals surface area (Å²) in [6, 6.07) is 6.87. The molecule has 5 heteroatoms. The van der Waals surface area contributed by atoms with Crippen LogP contribution in [0.2, 0.25) is 0 Å². The summed E-state index contributed by atoms with van der Waals surface area (Å²) in [5.74, 6) is 1.55. The van der Waals surface area contributed by atoms with Crippen molar-refractivity contribution in [2.45, 2.75) is 13.5 Å². The van der Waals surface area contributed by atoms with Crippen LogP contribution in [0, 0.1) is 0 Å². The van der Waals surface area contributed by atoms with Crippen LogP contribution in [0.5, 0.6) is 11.5 Å². The minimum absolute atomic E-state index is 0.199. The third-order valence-electron chi connectivity index (χ3n) is 2.29. The smallest absolute Gasteiger partial charge is 0.174 e. The number of carbonyl (C=O) groups excluding carboxylic acids is 1. The molecule has 0 saturated carbocycles. The van der Waals surface area contributed by atoms with Crippen LogP contribution in [-0.4, -0.2) is 18.0 Å². The fraction of sp³-hybridized carbons (Fsp3) is 0.231. The average Bonchev–Trinajstić information content (AvgIpc) is 2.90. The standard InChI is InChI=1S/C13H13NO4/c1-2-16-12-5-3-4-10(8-15)13(12)17-9-11-6-7-14-18-11/h3-8H,2,9H2,1H3. The van der Waals surface area contributed by atoms with Crippen LogP contribution in [0.25, 0.3) is 0 Å². The molecule has 1 heterocycles. The van der Waals surface area contributed by atoms with Gasteiger partial charge >= 0.3 is 0 Å². The first-order valence-corrected chi connectivity index (χ1v) is 5.58. The maximum absolute atomic E-state index is 11.0. The molecular weight excluding hydrogens is 234 g/mol. The van der Waals surface area contributed by atoms with Crippen molar-refractivity contribution in [3.05, 3.63) is 41.8 Å². The van der Waals surface area contributed by atoms with Crippen molar-refractivity contribution in [3.8, 4) is 11.5 Å². The molecule has 0 aliphatic rings. The molecule has 18 heavy (non-hydrogen) atoms. The van der Waals surface area contributed by atoms with E-state index in [0.717, 1.165) is 6.29 Å². The third-order valence-corrected chi connectivity index (χ3v) is 2.29. The lowest BCUT2D eigenvalue weighted by molar-refractivity contribution is 0.111. The van der Waals surface area contributed by atoms with Gasteiger partial charge in [0.2, 0.25) is 0 Å². The Morgan fingerprint density at radius 1 is 1.33 bits per heavy atom. The summed E-state index contributed by atoms with van der Waals surface area (Å²) in [6.45, 7) is 2.57. The lowest BCUT2D eigenvalue weighted by Crippen LogP contribution is -2.01. The van der Waals surface area contributed by atoms with Crippen LogP contribution in [0.4, 0.5) is 0 Å². The zero-order valence-electron chi connectivity index (χ0n) is 9.96. The van der Waals surface area contributed by atoms with E-state index < -0.39 is 0 Å². The summed E-state index contributed by atoms with van der Waals surface area (Å²) in [5.41, 5.74) is 0.445. The number of nitrogens with zero attached hydrogens (tertiary/aromatic N) is 1. The number of ether oxygens (including phenoxy) is 2. The molecule has 0 amide bonds. The van der Waals surface area contributed by atoms with Crippen molar-refractivity contribution < 1.29 is 18.8 Å². The number of benzene rings is 1. The van der Waals surface area contributed by atoms with Crippen LogP contribution >= 0.6 is 0 Å². The fourth-order valence-corrected chi connectivity index (χ4v) is 1.51. The molecule has 0 unspecified atom stereocenters. The quantitative estimate of drug-likeness (QED) is 0.734. The van der Waals surface area contributed by atoms with Crippen LogP contribution in [-0.2, 0) is 6.61 Å². The molecule has 2 rings (SSSR count). The third kappa shape index (κ3) is 2.68. The number of carbonyl (C=O) groups is 1. The predicted octanol–water partition coefficient (Wildman–Crippen LogP) is 2.46. The molecule has 0 N–H and O–H groups in total. The van der Waals surface area contributed by atoms with E-state index in [0.29, 0.717) is 29.4 Å². The molecule has 0 bridgehead atoms. The highest BCUT2D eigenvalue weighted by Gasteiger charge is 2.11. The number of hydrogen-bond donors (Lipinski definition) is 0. The van der Waals surface area contributed by atoms with Gasteiger partial charge in [-0.05, 0) is 19.1 Å². The summed E-state index contributed by atoms with van der Waals surface area (Å²) in [5, 5.41) is 3.58. The number of hydrogen-bond acceptors (Lipinski definition) is 5. The fourth-order valence-electron chi connectivity index (χ4n) is 1.51. The van der Waals surface area contributed by atoms with Crippen molar-refractivity contribution in [2.24, 2.45) is 0 Å². The van der Waals surface area contributed by atoms with Crippen LogP contribution in [0.15, 0.2) is 35.0 Å². The Morgan fingerprint density at radius 3 is 2.89 bits per heavy atom. The number of aldehydes is 1. The highest BCUT2D eigenvalue weighted by molar-refractivity contribution is 5.81. The zero-order chi connectivity index (χ0) is 12.8. The highest BCUT2D eigenvalue weighted by atomic mass is 16.5. The molecule has 0 radical (unpaired) electrons. The Bertz CT molecular complexity index is 508. The van der Waals surface area contributed by atoms with Gasteiger partial charge in [-0.25, -0.2) is 0 Å². The van der Waals surface area contributed by atoms with Gasteiger partial charge in [0, 0.05) is 6.07 Å². The molecule has 1 aromatic heterocycles. The Morgan fingerprint density at radius 2 is 2.22 bits per heavy atom. The van der Waals surface area contributed by atoms with Gasteiger partial charge in [0.25, 0.3) is 0 Å². The Kier molecular flexibility index (Phi) is 3.96. The van der Waals surface area contributed by atoms with Gasteiger partial charge in [0.05, 0.1) is 18.4 Å². The first-order valence-electron chi connectivity index (χ1n) is 5.58. The Hall–Kier alpha value is -2.30. The number of para-hydroxylation sites is 1. The van der Waals surface area contributed by atoms with Crippen molar-refractivity contribution in [1.29, 1.82) is 0 Å². The first kappa shape index (κ1) is 12.2. The number of rotatable bonds is 6. The van der Waals surface area contributed by atoms with E-state index in [9.17, 15) is 4.79 Å². The summed E-state index contributed by atoms with van der Waals surface area (Å²) in [4.78, 5) is 11.0. The summed E-state index contributed by atoms with van der Waals surface area (Å²) in [7, 11) is 0. The van der Waals surface area contributed by atoms with Crippen LogP contribution < -0.4 is 9.47 Å². The van der Waals surface area contributed by atoms with Gasteiger partial charge in [-0.3, -0.25) is 4.79 Å². The van der Waals surface area contributed by atoms with Gasteiger partial charge in [0.15, 0.2) is 23.5 Å². The predicted molar refractivity (Wildman–Crippen MR) is 63.8 cm³/mol. The lowest BCUT2D eigenvalue weighted by Gasteiger charge is -2.12. The van der Waals surface area contributed by atoms with Crippen molar-refractivity contribution in [2.75, 3.05) is 6.61 Å². The van der Waals surface area contributed by atoms with Crippen LogP contribution in [0.1, 0.15) is 23.0 Å². The molecule has 0 aliphatic heterocycles. The van der Waals surface area contributed by atoms with Gasteiger partial charge in [-0.1, -0.05) is 11.2 Å². The summed E-state index contributed by atoms with van der Waals surface area (Å²) in [6.07, 6.45) is 2.27. The normalized spacial score (nSPS) is 10.1. The van der Waals surface area contributed by atoms with Crippen molar-refractivity contribution in [3.63, 3.8) is 0 Å². The van der Waals surface area contributed by atoms with Gasteiger partial charge in [0.1, 0.15) is 6.61 Å². The minimum atomic E-state index is 0.199. The van der Waals surface area contributed by atoms with E-state index in [2.05, 4.69) is 5.16 Å². The molecule has 0 fully saturated rings. The van der Waals surface area contributed by atoms with E-state index >= 15 is 0 Å². The second kappa shape index (κ2) is 5.86. The molecule has 0 spiro atoms. The minimum Gasteiger partial charge on any atom is -0.490 e. The molecule has 0 saturated heterocycles. The highest BCUT2D eigenvalue weighted by Crippen LogP contribution is 2.31. The maximum Gasteiger partial charge on any atom is 0.174 e. The van der Waals surface area contributed by atoms with E-state index in [-0.39, 0.29) is 6.61 Å². The van der Waals surface area contributed by atoms with E-state index in [1.807, 2.05) is 6.92 Å². The maximum atomic E-state index is 11.0. The topological polar surface area (TPSA) is 61.6 Å². The zero-order valence-corrected chi connectivity index (χ0v) is 9.96. The van der Waals surface area contributed by atoms with Gasteiger partial charge < -0.3 is 14.0 Å². The molecule has 5 nitrogen and oxygen atoms in total. The van der Waals surface area contributed by atoms with Crippen molar-refractivity contribution >= 4 is 6.29 Å². The van der Waals surface area contributed by atoms with Crippen molar-refractivity contribution in [1.82, 2.24) is 5.16 Å². The van der Waals surface area contributed by atoms with Crippen LogP contribution in [0.3, 0.4) is 0 Å². The molecular formula is C13H13NO4. The van der Waals surface area contributed by atoms with E-state index in [1.54, 1.807) is 24.3 Å². The lowest BCUT2D eigenvalue weighted by atomic mass is 10.2. The second-order valence-electron chi connectivity index (χ2n) is 3.49. The molecule has 1 aromatic carbocycles. The monoisotopic (exact) mass is 247 g/mol. The Labute approximate surface area is 104 Å². The molecule has 0 atom stereocenters. The summed E-state index contributed by atoms with van der Waals surface area (Å²) >= 11 is 0. The number of aromatic nitrogens is 1.